The van der Waals surface area contributed by atoms with Gasteiger partial charge in [0.25, 0.3) is 0 Å². The van der Waals surface area contributed by atoms with E-state index in [0.29, 0.717) is 40.7 Å². The molecule has 0 radical (unpaired) electrons. The number of hydrogen-bond acceptors (Lipinski definition) is 5. The molecule has 0 amide bonds. The minimum absolute atomic E-state index is 0.0377. The van der Waals surface area contributed by atoms with E-state index in [1.807, 2.05) is 18.7 Å². The minimum atomic E-state index is -0.286. The van der Waals surface area contributed by atoms with Crippen molar-refractivity contribution >= 4 is 23.3 Å². The molecule has 0 aliphatic carbocycles. The Morgan fingerprint density at radius 1 is 1.00 bits per heavy atom. The molecule has 1 aliphatic rings. The second-order valence-corrected chi connectivity index (χ2v) is 9.11. The van der Waals surface area contributed by atoms with E-state index >= 15 is 0 Å². The van der Waals surface area contributed by atoms with E-state index < -0.39 is 0 Å². The van der Waals surface area contributed by atoms with Crippen LogP contribution in [0.25, 0.3) is 0 Å². The maximum Gasteiger partial charge on any atom is 0.193 e. The van der Waals surface area contributed by atoms with Gasteiger partial charge in [-0.05, 0) is 80.1 Å². The van der Waals surface area contributed by atoms with Gasteiger partial charge < -0.3 is 9.64 Å². The monoisotopic (exact) mass is 492 g/mol. The lowest BCUT2D eigenvalue weighted by molar-refractivity contribution is 0.0286. The first-order chi connectivity index (χ1) is 16.9. The number of benzene rings is 3. The van der Waals surface area contributed by atoms with Crippen LogP contribution >= 0.6 is 11.6 Å². The molecule has 0 saturated carbocycles. The molecule has 35 heavy (non-hydrogen) atoms. The zero-order valence-electron chi connectivity index (χ0n) is 19.6. The molecule has 1 saturated heterocycles. The minimum Gasteiger partial charge on any atom is -0.478 e. The van der Waals surface area contributed by atoms with Gasteiger partial charge in [0.15, 0.2) is 5.78 Å². The average molecular weight is 493 g/mol. The first-order valence-electron chi connectivity index (χ1n) is 11.4. The Morgan fingerprint density at radius 2 is 1.60 bits per heavy atom. The summed E-state index contributed by atoms with van der Waals surface area (Å²) in [6.07, 6.45) is 0. The molecular formula is C28H26ClFN2O3. The van der Waals surface area contributed by atoms with Crippen LogP contribution in [0, 0.1) is 5.82 Å². The predicted molar refractivity (Wildman–Crippen MR) is 134 cm³/mol. The Labute approximate surface area is 209 Å². The molecule has 3 aromatic carbocycles. The van der Waals surface area contributed by atoms with E-state index in [4.69, 9.17) is 16.3 Å². The SMILES string of the molecule is C[C@@H]1C(=C=O)N(Cc2ccc(F)cc2)[C@@H](C)CN1COc1ccc(C(=O)c2ccc(Cl)cc2)cc1. The Bertz CT molecular complexity index is 1220. The van der Waals surface area contributed by atoms with Gasteiger partial charge in [0.05, 0.1) is 6.04 Å². The molecule has 0 bridgehead atoms. The molecule has 0 spiro atoms. The van der Waals surface area contributed by atoms with E-state index in [0.717, 1.165) is 5.56 Å². The molecular weight excluding hydrogens is 467 g/mol. The number of hydrogen-bond donors (Lipinski definition) is 0. The summed E-state index contributed by atoms with van der Waals surface area (Å²) >= 11 is 5.90. The lowest BCUT2D eigenvalue weighted by Crippen LogP contribution is -2.55. The van der Waals surface area contributed by atoms with E-state index in [-0.39, 0.29) is 30.4 Å². The van der Waals surface area contributed by atoms with Crippen LogP contribution in [0.1, 0.15) is 35.3 Å². The summed E-state index contributed by atoms with van der Waals surface area (Å²) < 4.78 is 19.2. The second-order valence-electron chi connectivity index (χ2n) is 8.67. The van der Waals surface area contributed by atoms with Gasteiger partial charge in [-0.1, -0.05) is 23.7 Å². The van der Waals surface area contributed by atoms with Crippen molar-refractivity contribution in [1.29, 1.82) is 0 Å². The molecule has 1 aliphatic heterocycles. The number of ether oxygens (including phenoxy) is 1. The Hall–Kier alpha value is -3.44. The third-order valence-corrected chi connectivity index (χ3v) is 6.53. The van der Waals surface area contributed by atoms with Crippen molar-refractivity contribution in [3.8, 4) is 5.75 Å². The largest absolute Gasteiger partial charge is 0.478 e. The summed E-state index contributed by atoms with van der Waals surface area (Å²) in [6.45, 7) is 5.46. The summed E-state index contributed by atoms with van der Waals surface area (Å²) in [6, 6.07) is 19.9. The van der Waals surface area contributed by atoms with Crippen LogP contribution in [-0.2, 0) is 11.3 Å². The van der Waals surface area contributed by atoms with Gasteiger partial charge in [-0.25, -0.2) is 9.18 Å². The smallest absolute Gasteiger partial charge is 0.193 e. The predicted octanol–water partition coefficient (Wildman–Crippen LogP) is 5.36. The lowest BCUT2D eigenvalue weighted by atomic mass is 10.0. The van der Waals surface area contributed by atoms with Gasteiger partial charge in [0.1, 0.15) is 29.9 Å². The van der Waals surface area contributed by atoms with Gasteiger partial charge in [0.2, 0.25) is 0 Å². The lowest BCUT2D eigenvalue weighted by Gasteiger charge is -2.45. The molecule has 1 fully saturated rings. The maximum atomic E-state index is 13.3. The van der Waals surface area contributed by atoms with Crippen molar-refractivity contribution < 1.29 is 18.7 Å². The number of carbonyl (C=O) groups is 1. The van der Waals surface area contributed by atoms with Gasteiger partial charge in [-0.2, -0.15) is 0 Å². The maximum absolute atomic E-state index is 13.3. The first-order valence-corrected chi connectivity index (χ1v) is 11.8. The van der Waals surface area contributed by atoms with E-state index in [9.17, 15) is 14.0 Å². The van der Waals surface area contributed by atoms with Gasteiger partial charge in [-0.3, -0.25) is 9.69 Å². The molecule has 180 valence electrons. The van der Waals surface area contributed by atoms with Crippen LogP contribution in [0.15, 0.2) is 78.5 Å². The topological polar surface area (TPSA) is 49.9 Å². The molecule has 5 nitrogen and oxygen atoms in total. The number of ketones is 1. The van der Waals surface area contributed by atoms with Crippen LogP contribution in [0.2, 0.25) is 5.02 Å². The van der Waals surface area contributed by atoms with Gasteiger partial charge in [-0.15, -0.1) is 0 Å². The van der Waals surface area contributed by atoms with Crippen molar-refractivity contribution in [3.63, 3.8) is 0 Å². The number of carbonyl (C=O) groups excluding carboxylic acids is 2. The fraction of sp³-hybridized carbons (Fsp3) is 0.250. The van der Waals surface area contributed by atoms with Crippen molar-refractivity contribution in [2.45, 2.75) is 32.5 Å². The Balaban J connectivity index is 1.38. The summed E-state index contributed by atoms with van der Waals surface area (Å²) in [4.78, 5) is 28.6. The third kappa shape index (κ3) is 5.80. The molecule has 0 N–H and O–H groups in total. The summed E-state index contributed by atoms with van der Waals surface area (Å²) in [5.74, 6) is 2.36. The standard InChI is InChI=1S/C28H26ClFN2O3/c1-19-15-31(20(2)27(17-33)32(19)16-21-3-11-25(30)12-4-21)18-35-26-13-7-23(8-14-26)28(34)22-5-9-24(29)10-6-22/h3-14,19-20H,15-16,18H2,1-2H3/t19-,20+/m0/s1. The van der Waals surface area contributed by atoms with Gasteiger partial charge in [0, 0.05) is 35.3 Å². The fourth-order valence-electron chi connectivity index (χ4n) is 4.21. The highest BCUT2D eigenvalue weighted by Gasteiger charge is 2.34. The number of nitrogens with zero attached hydrogens (tertiary/aromatic N) is 2. The number of rotatable bonds is 7. The van der Waals surface area contributed by atoms with Crippen molar-refractivity contribution in [1.82, 2.24) is 9.80 Å². The molecule has 7 heteroatoms. The molecule has 2 atom stereocenters. The number of halogens is 2. The van der Waals surface area contributed by atoms with E-state index in [2.05, 4.69) is 10.8 Å². The van der Waals surface area contributed by atoms with Crippen molar-refractivity contribution in [2.24, 2.45) is 0 Å². The first kappa shape index (κ1) is 24.7. The van der Waals surface area contributed by atoms with Crippen LogP contribution in [0.5, 0.6) is 5.75 Å². The zero-order valence-corrected chi connectivity index (χ0v) is 20.3. The van der Waals surface area contributed by atoms with E-state index in [1.165, 1.54) is 12.1 Å². The number of piperazine rings is 1. The quantitative estimate of drug-likeness (QED) is 0.328. The third-order valence-electron chi connectivity index (χ3n) is 6.27. The normalized spacial score (nSPS) is 18.3. The molecule has 4 rings (SSSR count). The van der Waals surface area contributed by atoms with Crippen LogP contribution in [-0.4, -0.2) is 46.9 Å². The highest BCUT2D eigenvalue weighted by atomic mass is 35.5. The van der Waals surface area contributed by atoms with Crippen LogP contribution in [0.3, 0.4) is 0 Å². The second kappa shape index (κ2) is 10.9. The van der Waals surface area contributed by atoms with E-state index in [1.54, 1.807) is 60.7 Å². The molecule has 3 aromatic rings. The zero-order chi connectivity index (χ0) is 24.9. The van der Waals surface area contributed by atoms with Gasteiger partial charge >= 0.3 is 0 Å². The van der Waals surface area contributed by atoms with Crippen molar-refractivity contribution in [2.75, 3.05) is 13.3 Å². The van der Waals surface area contributed by atoms with Crippen LogP contribution in [0.4, 0.5) is 4.39 Å². The summed E-state index contributed by atoms with van der Waals surface area (Å²) in [5.41, 5.74) is 2.59. The highest BCUT2D eigenvalue weighted by Crippen LogP contribution is 2.26. The van der Waals surface area contributed by atoms with Crippen molar-refractivity contribution in [3.05, 3.63) is 106 Å². The molecule has 0 unspecified atom stereocenters. The summed E-state index contributed by atoms with van der Waals surface area (Å²) in [7, 11) is 0. The molecule has 1 heterocycles. The highest BCUT2D eigenvalue weighted by molar-refractivity contribution is 6.30. The Morgan fingerprint density at radius 3 is 2.20 bits per heavy atom. The Kier molecular flexibility index (Phi) is 7.67. The van der Waals surface area contributed by atoms with Crippen LogP contribution < -0.4 is 4.74 Å². The fourth-order valence-corrected chi connectivity index (χ4v) is 4.34. The molecule has 0 aromatic heterocycles. The summed E-state index contributed by atoms with van der Waals surface area (Å²) in [5, 5.41) is 0.581. The average Bonchev–Trinajstić information content (AvgIpc) is 2.87.